The van der Waals surface area contributed by atoms with E-state index in [0.29, 0.717) is 5.69 Å². The molecule has 0 unspecified atom stereocenters. The zero-order valence-corrected chi connectivity index (χ0v) is 12.1. The maximum atomic E-state index is 8.70. The van der Waals surface area contributed by atoms with Gasteiger partial charge in [-0.3, -0.25) is 0 Å². The van der Waals surface area contributed by atoms with Crippen LogP contribution < -0.4 is 17.2 Å². The van der Waals surface area contributed by atoms with Gasteiger partial charge in [-0.15, -0.1) is 0 Å². The van der Waals surface area contributed by atoms with Gasteiger partial charge in [0.25, 0.3) is 0 Å². The summed E-state index contributed by atoms with van der Waals surface area (Å²) in [5, 5.41) is 8.70. The highest BCUT2D eigenvalue weighted by molar-refractivity contribution is 5.61. The molecule has 4 nitrogen and oxygen atoms in total. The number of phenols is 1. The molecule has 0 aromatic heterocycles. The lowest BCUT2D eigenvalue weighted by atomic mass is 9.99. The quantitative estimate of drug-likeness (QED) is 0.499. The molecule has 0 saturated carbocycles. The predicted octanol–water partition coefficient (Wildman–Crippen LogP) is 2.95. The number of aromatic hydroxyl groups is 1. The van der Waals surface area contributed by atoms with Crippen molar-refractivity contribution in [2.24, 2.45) is 0 Å². The van der Waals surface area contributed by atoms with E-state index in [2.05, 4.69) is 13.8 Å². The fourth-order valence-corrected chi connectivity index (χ4v) is 2.04. The molecule has 2 aromatic carbocycles. The minimum absolute atomic E-state index is 0.249. The third-order valence-electron chi connectivity index (χ3n) is 3.10. The molecular weight excluding hydrogens is 250 g/mol. The maximum absolute atomic E-state index is 8.70. The van der Waals surface area contributed by atoms with Crippen LogP contribution >= 0.6 is 0 Å². The molecule has 0 aliphatic carbocycles. The number of rotatable bonds is 2. The van der Waals surface area contributed by atoms with Crippen LogP contribution in [-0.4, -0.2) is 5.11 Å². The van der Waals surface area contributed by atoms with Crippen LogP contribution in [0.25, 0.3) is 0 Å². The van der Waals surface area contributed by atoms with E-state index in [4.69, 9.17) is 22.3 Å². The molecule has 2 aromatic rings. The molecule has 0 fully saturated rings. The minimum Gasteiger partial charge on any atom is -0.508 e. The fraction of sp³-hybridized carbons (Fsp3) is 0.250. The van der Waals surface area contributed by atoms with Crippen molar-refractivity contribution in [3.8, 4) is 5.75 Å². The number of hydrogen-bond donors (Lipinski definition) is 4. The van der Waals surface area contributed by atoms with Crippen molar-refractivity contribution in [1.82, 2.24) is 0 Å². The highest BCUT2D eigenvalue weighted by Crippen LogP contribution is 2.23. The average molecular weight is 273 g/mol. The van der Waals surface area contributed by atoms with Gasteiger partial charge in [-0.25, -0.2) is 0 Å². The largest absolute Gasteiger partial charge is 0.508 e. The molecule has 0 radical (unpaired) electrons. The Labute approximate surface area is 120 Å². The monoisotopic (exact) mass is 273 g/mol. The number of benzene rings is 2. The average Bonchev–Trinajstić information content (AvgIpc) is 2.45. The number of nitrogens with two attached hydrogens (primary N) is 3. The summed E-state index contributed by atoms with van der Waals surface area (Å²) in [7, 11) is 0. The molecule has 0 spiro atoms. The lowest BCUT2D eigenvalue weighted by molar-refractivity contribution is 0.475. The van der Waals surface area contributed by atoms with Crippen molar-refractivity contribution in [3.05, 3.63) is 47.5 Å². The predicted molar refractivity (Wildman–Crippen MR) is 86.5 cm³/mol. The smallest absolute Gasteiger partial charge is 0.115 e. The highest BCUT2D eigenvalue weighted by atomic mass is 16.3. The standard InChI is InChI=1S/C10H16N2.C6H7NO/c1-3-7-8(4-2)10(12)6-5-9(7)11;7-5-1-3-6(8)4-2-5/h5-6H,3-4,11-12H2,1-2H3;1-4,8H,7H2. The van der Waals surface area contributed by atoms with Gasteiger partial charge < -0.3 is 22.3 Å². The first-order valence-electron chi connectivity index (χ1n) is 6.69. The number of hydrogen-bond acceptors (Lipinski definition) is 4. The molecule has 20 heavy (non-hydrogen) atoms. The van der Waals surface area contributed by atoms with Gasteiger partial charge in [0.15, 0.2) is 0 Å². The summed E-state index contributed by atoms with van der Waals surface area (Å²) >= 11 is 0. The molecule has 0 aliphatic heterocycles. The van der Waals surface area contributed by atoms with Crippen molar-refractivity contribution in [1.29, 1.82) is 0 Å². The fourth-order valence-electron chi connectivity index (χ4n) is 2.04. The Morgan fingerprint density at radius 3 is 1.45 bits per heavy atom. The van der Waals surface area contributed by atoms with Gasteiger partial charge in [0.2, 0.25) is 0 Å². The molecule has 0 aliphatic rings. The number of anilines is 3. The molecule has 4 heteroatoms. The highest BCUT2D eigenvalue weighted by Gasteiger charge is 2.05. The SMILES string of the molecule is CCc1c(N)ccc(N)c1CC.Nc1ccc(O)cc1. The van der Waals surface area contributed by atoms with E-state index >= 15 is 0 Å². The Morgan fingerprint density at radius 2 is 1.15 bits per heavy atom. The molecule has 0 bridgehead atoms. The molecular formula is C16H23N3O. The van der Waals surface area contributed by atoms with Gasteiger partial charge in [-0.2, -0.15) is 0 Å². The van der Waals surface area contributed by atoms with Crippen molar-refractivity contribution >= 4 is 17.1 Å². The zero-order chi connectivity index (χ0) is 15.1. The van der Waals surface area contributed by atoms with Gasteiger partial charge >= 0.3 is 0 Å². The summed E-state index contributed by atoms with van der Waals surface area (Å²) in [5.74, 6) is 0.249. The van der Waals surface area contributed by atoms with E-state index in [1.807, 2.05) is 12.1 Å². The number of nitrogen functional groups attached to an aromatic ring is 3. The Bertz CT molecular complexity index is 500. The second-order valence-electron chi connectivity index (χ2n) is 4.50. The third kappa shape index (κ3) is 4.09. The summed E-state index contributed by atoms with van der Waals surface area (Å²) in [6, 6.07) is 10.2. The molecule has 2 rings (SSSR count). The third-order valence-corrected chi connectivity index (χ3v) is 3.10. The van der Waals surface area contributed by atoms with Crippen molar-refractivity contribution < 1.29 is 5.11 Å². The van der Waals surface area contributed by atoms with Crippen LogP contribution in [0.1, 0.15) is 25.0 Å². The summed E-state index contributed by atoms with van der Waals surface area (Å²) in [6.45, 7) is 4.20. The van der Waals surface area contributed by atoms with Gasteiger partial charge in [-0.1, -0.05) is 13.8 Å². The van der Waals surface area contributed by atoms with Crippen LogP contribution in [0, 0.1) is 0 Å². The number of phenolic OH excluding ortho intramolecular Hbond substituents is 1. The van der Waals surface area contributed by atoms with Crippen LogP contribution in [0.15, 0.2) is 36.4 Å². The topological polar surface area (TPSA) is 98.3 Å². The lowest BCUT2D eigenvalue weighted by Gasteiger charge is -2.11. The van der Waals surface area contributed by atoms with E-state index in [9.17, 15) is 0 Å². The van der Waals surface area contributed by atoms with Crippen molar-refractivity contribution in [3.63, 3.8) is 0 Å². The van der Waals surface area contributed by atoms with E-state index in [1.54, 1.807) is 24.3 Å². The maximum Gasteiger partial charge on any atom is 0.115 e. The Morgan fingerprint density at radius 1 is 0.750 bits per heavy atom. The van der Waals surface area contributed by atoms with Crippen LogP contribution in [0.4, 0.5) is 17.1 Å². The van der Waals surface area contributed by atoms with Gasteiger partial charge in [-0.05, 0) is 60.4 Å². The first-order chi connectivity index (χ1) is 9.49. The van der Waals surface area contributed by atoms with Crippen LogP contribution in [0.5, 0.6) is 5.75 Å². The summed E-state index contributed by atoms with van der Waals surface area (Å²) in [5.41, 5.74) is 21.8. The first-order valence-corrected chi connectivity index (χ1v) is 6.69. The first kappa shape index (κ1) is 15.7. The van der Waals surface area contributed by atoms with Crippen LogP contribution in [0.2, 0.25) is 0 Å². The van der Waals surface area contributed by atoms with Gasteiger partial charge in [0.1, 0.15) is 5.75 Å². The van der Waals surface area contributed by atoms with Crippen molar-refractivity contribution in [2.75, 3.05) is 17.2 Å². The Balaban J connectivity index is 0.000000217. The van der Waals surface area contributed by atoms with Gasteiger partial charge in [0.05, 0.1) is 0 Å². The molecule has 0 atom stereocenters. The van der Waals surface area contributed by atoms with Crippen LogP contribution in [0.3, 0.4) is 0 Å². The normalized spacial score (nSPS) is 9.70. The lowest BCUT2D eigenvalue weighted by Crippen LogP contribution is -2.02. The molecule has 108 valence electrons. The molecule has 0 heterocycles. The van der Waals surface area contributed by atoms with E-state index < -0.39 is 0 Å². The second-order valence-corrected chi connectivity index (χ2v) is 4.50. The minimum atomic E-state index is 0.249. The molecule has 0 saturated heterocycles. The van der Waals surface area contributed by atoms with E-state index in [1.165, 1.54) is 11.1 Å². The summed E-state index contributed by atoms with van der Waals surface area (Å²) < 4.78 is 0. The van der Waals surface area contributed by atoms with E-state index in [-0.39, 0.29) is 5.75 Å². The Kier molecular flexibility index (Phi) is 5.72. The van der Waals surface area contributed by atoms with E-state index in [0.717, 1.165) is 24.2 Å². The summed E-state index contributed by atoms with van der Waals surface area (Å²) in [4.78, 5) is 0. The van der Waals surface area contributed by atoms with Crippen molar-refractivity contribution in [2.45, 2.75) is 26.7 Å². The van der Waals surface area contributed by atoms with Gasteiger partial charge in [0, 0.05) is 17.1 Å². The molecule has 0 amide bonds. The van der Waals surface area contributed by atoms with Crippen LogP contribution in [-0.2, 0) is 12.8 Å². The zero-order valence-electron chi connectivity index (χ0n) is 12.1. The second kappa shape index (κ2) is 7.28. The Hall–Kier alpha value is -2.36. The molecule has 7 N–H and O–H groups in total. The summed E-state index contributed by atoms with van der Waals surface area (Å²) in [6.07, 6.45) is 1.92.